The number of H-pyrrole nitrogens is 1. The number of guanidine groups is 2. The van der Waals surface area contributed by atoms with Crippen molar-refractivity contribution in [1.82, 2.24) is 25.0 Å². The summed E-state index contributed by atoms with van der Waals surface area (Å²) < 4.78 is 0. The second kappa shape index (κ2) is 12.7. The van der Waals surface area contributed by atoms with Gasteiger partial charge in [0.2, 0.25) is 11.9 Å². The maximum Gasteiger partial charge on any atom is 0.204 e. The Balaban J connectivity index is 2.28. The van der Waals surface area contributed by atoms with Crippen LogP contribution in [0.1, 0.15) is 11.6 Å². The summed E-state index contributed by atoms with van der Waals surface area (Å²) in [6, 6.07) is 0. The van der Waals surface area contributed by atoms with Crippen LogP contribution in [0.15, 0.2) is 9.98 Å². The van der Waals surface area contributed by atoms with Crippen LogP contribution < -0.4 is 11.5 Å². The molecule has 0 aliphatic carbocycles. The highest BCUT2D eigenvalue weighted by atomic mass is 32.2. The Hall–Kier alpha value is -2.64. The summed E-state index contributed by atoms with van der Waals surface area (Å²) in [5.41, 5.74) is 11.2. The lowest BCUT2D eigenvalue weighted by Crippen LogP contribution is -2.34. The topological polar surface area (TPSA) is 172 Å². The highest BCUT2D eigenvalue weighted by Gasteiger charge is 2.09. The lowest BCUT2D eigenvalue weighted by atomic mass is 10.6. The van der Waals surface area contributed by atoms with E-state index in [1.807, 2.05) is 12.4 Å². The number of thioether (sulfide) groups is 2. The van der Waals surface area contributed by atoms with Gasteiger partial charge in [-0.15, -0.1) is 0 Å². The molecular weight excluding hydrogens is 386 g/mol. The molecule has 146 valence electrons. The average Bonchev–Trinajstić information content (AvgIpc) is 3.14. The Morgan fingerprint density at radius 3 is 2.04 bits per heavy atom. The Morgan fingerprint density at radius 2 is 1.56 bits per heavy atom. The summed E-state index contributed by atoms with van der Waals surface area (Å²) >= 11 is 3.23. The van der Waals surface area contributed by atoms with Crippen molar-refractivity contribution in [2.24, 2.45) is 21.5 Å². The van der Waals surface area contributed by atoms with Gasteiger partial charge in [-0.25, -0.2) is 14.8 Å². The van der Waals surface area contributed by atoms with Gasteiger partial charge in [0.15, 0.2) is 18.2 Å². The quantitative estimate of drug-likeness (QED) is 0.153. The molecule has 0 spiro atoms. The van der Waals surface area contributed by atoms with E-state index in [4.69, 9.17) is 22.0 Å². The van der Waals surface area contributed by atoms with Crippen LogP contribution in [0.3, 0.4) is 0 Å². The van der Waals surface area contributed by atoms with Crippen molar-refractivity contribution in [3.05, 3.63) is 11.6 Å². The Labute approximate surface area is 166 Å². The van der Waals surface area contributed by atoms with E-state index in [9.17, 15) is 0 Å². The minimum absolute atomic E-state index is 0.206. The number of aliphatic imine (C=N–C) groups is 2. The Kier molecular flexibility index (Phi) is 10.5. The maximum atomic E-state index is 8.99. The molecule has 0 fully saturated rings. The van der Waals surface area contributed by atoms with Crippen LogP contribution in [0, 0.1) is 22.9 Å². The smallest absolute Gasteiger partial charge is 0.204 e. The van der Waals surface area contributed by atoms with Gasteiger partial charge in [-0.05, 0) is 0 Å². The molecule has 1 rings (SSSR count). The number of nitrogens with two attached hydrogens (primary N) is 2. The van der Waals surface area contributed by atoms with E-state index in [2.05, 4.69) is 25.2 Å². The third kappa shape index (κ3) is 8.06. The zero-order chi connectivity index (χ0) is 20.1. The van der Waals surface area contributed by atoms with E-state index in [-0.39, 0.29) is 11.9 Å². The van der Waals surface area contributed by atoms with E-state index in [1.165, 1.54) is 9.80 Å². The van der Waals surface area contributed by atoms with E-state index in [0.29, 0.717) is 41.9 Å². The zero-order valence-electron chi connectivity index (χ0n) is 15.3. The number of hydrogen-bond donors (Lipinski definition) is 3. The van der Waals surface area contributed by atoms with Crippen molar-refractivity contribution in [3.8, 4) is 12.4 Å². The lowest BCUT2D eigenvalue weighted by molar-refractivity contribution is 0.606. The first-order valence-corrected chi connectivity index (χ1v) is 10.2. The number of nitrogens with zero attached hydrogens (tertiary/aromatic N) is 8. The van der Waals surface area contributed by atoms with Gasteiger partial charge in [0.25, 0.3) is 0 Å². The third-order valence-corrected chi connectivity index (χ3v) is 5.10. The average molecular weight is 410 g/mol. The Bertz CT molecular complexity index is 657. The van der Waals surface area contributed by atoms with Gasteiger partial charge < -0.3 is 11.5 Å². The fourth-order valence-corrected chi connectivity index (χ4v) is 3.33. The summed E-state index contributed by atoms with van der Waals surface area (Å²) in [4.78, 5) is 14.7. The predicted molar refractivity (Wildman–Crippen MR) is 108 cm³/mol. The molecule has 0 aliphatic rings. The van der Waals surface area contributed by atoms with Crippen molar-refractivity contribution in [1.29, 1.82) is 10.5 Å². The molecule has 1 heterocycles. The molecule has 0 bridgehead atoms. The number of hydrogen-bond acceptors (Lipinski definition) is 8. The standard InChI is InChI=1S/C14H23N11S2/c1-19-13(17)24(9-15)3-5-26-7-11-21-12(23-22-11)8-27-6-4-25(10-16)14(18)20-2/h3-8H2,1-2H3,(H2,17,19)(H2,18,20)(H,21,22,23). The van der Waals surface area contributed by atoms with Gasteiger partial charge in [-0.3, -0.25) is 15.1 Å². The van der Waals surface area contributed by atoms with Gasteiger partial charge >= 0.3 is 0 Å². The van der Waals surface area contributed by atoms with Crippen molar-refractivity contribution >= 4 is 35.4 Å². The van der Waals surface area contributed by atoms with Crippen molar-refractivity contribution in [2.75, 3.05) is 38.7 Å². The molecule has 11 nitrogen and oxygen atoms in total. The first-order chi connectivity index (χ1) is 13.0. The highest BCUT2D eigenvalue weighted by molar-refractivity contribution is 7.98. The summed E-state index contributed by atoms with van der Waals surface area (Å²) in [5, 5.41) is 25.1. The molecule has 0 unspecified atom stereocenters. The van der Waals surface area contributed by atoms with Crippen molar-refractivity contribution in [3.63, 3.8) is 0 Å². The summed E-state index contributed by atoms with van der Waals surface area (Å²) in [7, 11) is 3.09. The molecule has 0 aliphatic heterocycles. The minimum atomic E-state index is 0.206. The molecule has 0 aromatic carbocycles. The number of aromatic nitrogens is 3. The molecule has 0 atom stereocenters. The van der Waals surface area contributed by atoms with E-state index in [1.54, 1.807) is 37.6 Å². The molecule has 0 amide bonds. The Morgan fingerprint density at radius 1 is 1.04 bits per heavy atom. The van der Waals surface area contributed by atoms with Crippen LogP contribution in [0.5, 0.6) is 0 Å². The maximum absolute atomic E-state index is 8.99. The zero-order valence-corrected chi connectivity index (χ0v) is 16.9. The highest BCUT2D eigenvalue weighted by Crippen LogP contribution is 2.12. The van der Waals surface area contributed by atoms with Crippen molar-refractivity contribution < 1.29 is 0 Å². The minimum Gasteiger partial charge on any atom is -0.369 e. The van der Waals surface area contributed by atoms with Gasteiger partial charge in [-0.1, -0.05) is 0 Å². The summed E-state index contributed by atoms with van der Waals surface area (Å²) in [6.45, 7) is 0.970. The van der Waals surface area contributed by atoms with Crippen LogP contribution in [-0.4, -0.2) is 75.6 Å². The number of rotatable bonds is 10. The number of nitriles is 2. The fourth-order valence-electron chi connectivity index (χ4n) is 1.78. The van der Waals surface area contributed by atoms with Crippen LogP contribution in [0.2, 0.25) is 0 Å². The van der Waals surface area contributed by atoms with E-state index in [0.717, 1.165) is 5.82 Å². The molecule has 1 aromatic heterocycles. The van der Waals surface area contributed by atoms with Gasteiger partial charge in [0.05, 0.1) is 11.5 Å². The molecule has 0 radical (unpaired) electrons. The molecule has 13 heteroatoms. The van der Waals surface area contributed by atoms with Crippen LogP contribution in [-0.2, 0) is 11.5 Å². The van der Waals surface area contributed by atoms with Gasteiger partial charge in [0.1, 0.15) is 5.82 Å². The number of nitrogens with one attached hydrogen (secondary N) is 1. The monoisotopic (exact) mass is 409 g/mol. The van der Waals surface area contributed by atoms with Crippen LogP contribution >= 0.6 is 23.5 Å². The van der Waals surface area contributed by atoms with Crippen LogP contribution in [0.25, 0.3) is 0 Å². The van der Waals surface area contributed by atoms with Gasteiger partial charge in [0, 0.05) is 38.7 Å². The molecular formula is C14H23N11S2. The molecule has 5 N–H and O–H groups in total. The molecule has 1 aromatic rings. The largest absolute Gasteiger partial charge is 0.369 e. The third-order valence-electron chi connectivity index (χ3n) is 3.22. The fraction of sp³-hybridized carbons (Fsp3) is 0.571. The molecule has 0 saturated heterocycles. The summed E-state index contributed by atoms with van der Waals surface area (Å²) in [6.07, 6.45) is 3.99. The number of aromatic amines is 1. The predicted octanol–water partition coefficient (Wildman–Crippen LogP) is -0.274. The molecule has 0 saturated carbocycles. The van der Waals surface area contributed by atoms with Crippen molar-refractivity contribution in [2.45, 2.75) is 11.5 Å². The molecule has 27 heavy (non-hydrogen) atoms. The van der Waals surface area contributed by atoms with E-state index < -0.39 is 0 Å². The summed E-state index contributed by atoms with van der Waals surface area (Å²) in [5.74, 6) is 4.60. The SMILES string of the molecule is CN=C(N)N(C#N)CCSCc1n[nH]c(CSCCN(C#N)C(N)=NC)n1. The normalized spacial score (nSPS) is 11.7. The first kappa shape index (κ1) is 22.4. The van der Waals surface area contributed by atoms with Crippen LogP contribution in [0.4, 0.5) is 0 Å². The first-order valence-electron chi connectivity index (χ1n) is 7.90. The van der Waals surface area contributed by atoms with E-state index >= 15 is 0 Å². The second-order valence-corrected chi connectivity index (χ2v) is 7.18. The lowest BCUT2D eigenvalue weighted by Gasteiger charge is -2.12. The second-order valence-electron chi connectivity index (χ2n) is 4.97. The van der Waals surface area contributed by atoms with Gasteiger partial charge in [-0.2, -0.15) is 39.1 Å².